The van der Waals surface area contributed by atoms with Gasteiger partial charge in [0, 0.05) is 35.4 Å². The number of hydrogen-bond acceptors (Lipinski definition) is 14. The van der Waals surface area contributed by atoms with Crippen molar-refractivity contribution in [3.05, 3.63) is 103 Å². The Morgan fingerprint density at radius 1 is 0.621 bits per heavy atom. The number of aromatic amines is 1. The minimum Gasteiger partial charge on any atom is -0.494 e. The maximum absolute atomic E-state index is 11.9. The topological polar surface area (TPSA) is 194 Å². The van der Waals surface area contributed by atoms with E-state index < -0.39 is 6.10 Å². The normalized spacial score (nSPS) is 12.6. The number of nitrogens with zero attached hydrogens (tertiary/aromatic N) is 8. The van der Waals surface area contributed by atoms with Crippen LogP contribution in [0, 0.1) is 6.92 Å². The highest BCUT2D eigenvalue weighted by molar-refractivity contribution is 5.85. The predicted octanol–water partition coefficient (Wildman–Crippen LogP) is 12.0. The number of esters is 1. The first-order valence-electron chi connectivity index (χ1n) is 23.2. The van der Waals surface area contributed by atoms with Gasteiger partial charge in [0.15, 0.2) is 5.82 Å². The molecular weight excluding hydrogens is 835 g/mol. The molecule has 0 spiro atoms. The Kier molecular flexibility index (Phi) is 14.7. The second-order valence-electron chi connectivity index (χ2n) is 16.8. The fourth-order valence-electron chi connectivity index (χ4n) is 8.92. The molecule has 3 aromatic carbocycles. The Labute approximate surface area is 384 Å². The number of H-pyrrole nitrogens is 1. The van der Waals surface area contributed by atoms with Crippen molar-refractivity contribution in [1.29, 1.82) is 0 Å². The van der Waals surface area contributed by atoms with E-state index in [1.165, 1.54) is 47.9 Å². The predicted molar refractivity (Wildman–Crippen MR) is 250 cm³/mol. The smallest absolute Gasteiger partial charge is 0.306 e. The number of nitrogens with one attached hydrogen (secondary N) is 1. The van der Waals surface area contributed by atoms with E-state index in [1.807, 2.05) is 36.4 Å². The lowest BCUT2D eigenvalue weighted by Crippen LogP contribution is -2.25. The monoisotopic (exact) mass is 891 g/mol. The molecule has 0 unspecified atom stereocenters. The molecule has 0 bridgehead atoms. The van der Waals surface area contributed by atoms with Crippen LogP contribution in [0.1, 0.15) is 121 Å². The van der Waals surface area contributed by atoms with Crippen LogP contribution < -0.4 is 4.74 Å². The summed E-state index contributed by atoms with van der Waals surface area (Å²) in [5.41, 5.74) is 7.10. The second-order valence-corrected chi connectivity index (χ2v) is 16.8. The zero-order valence-corrected chi connectivity index (χ0v) is 38.1. The van der Waals surface area contributed by atoms with E-state index in [4.69, 9.17) is 22.7 Å². The second kappa shape index (κ2) is 21.3. The van der Waals surface area contributed by atoms with Gasteiger partial charge in [0.05, 0.1) is 6.61 Å². The van der Waals surface area contributed by atoms with Crippen molar-refractivity contribution in [2.75, 3.05) is 6.61 Å². The molecule has 0 saturated heterocycles. The van der Waals surface area contributed by atoms with Crippen LogP contribution in [0.3, 0.4) is 0 Å². The number of aryl methyl sites for hydroxylation is 1. The Morgan fingerprint density at radius 2 is 1.14 bits per heavy atom. The van der Waals surface area contributed by atoms with Crippen LogP contribution in [0.25, 0.3) is 68.9 Å². The number of carbonyl (C=O) groups is 1. The van der Waals surface area contributed by atoms with Gasteiger partial charge in [-0.15, -0.1) is 40.8 Å². The summed E-state index contributed by atoms with van der Waals surface area (Å²) in [6, 6.07) is 20.6. The third-order valence-corrected chi connectivity index (χ3v) is 12.1. The van der Waals surface area contributed by atoms with E-state index in [1.54, 1.807) is 19.1 Å². The van der Waals surface area contributed by atoms with Crippen LogP contribution >= 0.6 is 0 Å². The van der Waals surface area contributed by atoms with Crippen molar-refractivity contribution in [1.82, 2.24) is 45.8 Å². The largest absolute Gasteiger partial charge is 0.494 e. The van der Waals surface area contributed by atoms with Gasteiger partial charge in [0.1, 0.15) is 11.9 Å². The lowest BCUT2D eigenvalue weighted by atomic mass is 9.71. The van der Waals surface area contributed by atoms with Crippen LogP contribution in [-0.4, -0.2) is 64.5 Å². The van der Waals surface area contributed by atoms with Crippen LogP contribution in [0.2, 0.25) is 0 Å². The molecule has 15 heteroatoms. The third kappa shape index (κ3) is 10.2. The number of unbranched alkanes of at least 4 members (excludes halogenated alkanes) is 8. The molecule has 0 radical (unpaired) electrons. The molecular formula is C51H57N9O6. The van der Waals surface area contributed by atoms with Gasteiger partial charge >= 0.3 is 17.8 Å². The van der Waals surface area contributed by atoms with Crippen molar-refractivity contribution < 1.29 is 27.5 Å². The van der Waals surface area contributed by atoms with E-state index in [2.05, 4.69) is 97.0 Å². The molecule has 1 N–H and O–H groups in total. The molecule has 7 aromatic rings. The number of aromatic nitrogens is 9. The van der Waals surface area contributed by atoms with Gasteiger partial charge in [-0.25, -0.2) is 0 Å². The van der Waals surface area contributed by atoms with Crippen molar-refractivity contribution >= 4 is 5.97 Å². The van der Waals surface area contributed by atoms with E-state index in [9.17, 15) is 4.79 Å². The van der Waals surface area contributed by atoms with Crippen LogP contribution in [0.15, 0.2) is 99.2 Å². The van der Waals surface area contributed by atoms with Gasteiger partial charge in [-0.05, 0) is 109 Å². The zero-order valence-electron chi connectivity index (χ0n) is 38.1. The lowest BCUT2D eigenvalue weighted by molar-refractivity contribution is -0.145. The highest BCUT2D eigenvalue weighted by atomic mass is 16.5. The van der Waals surface area contributed by atoms with Gasteiger partial charge < -0.3 is 27.7 Å². The fourth-order valence-corrected chi connectivity index (χ4v) is 8.92. The van der Waals surface area contributed by atoms with Crippen molar-refractivity contribution in [2.24, 2.45) is 0 Å². The number of carbonyl (C=O) groups excluding carboxylic acids is 1. The molecule has 1 aliphatic carbocycles. The van der Waals surface area contributed by atoms with Crippen molar-refractivity contribution in [3.63, 3.8) is 0 Å². The minimum absolute atomic E-state index is 0.183. The number of ether oxygens (including phenoxy) is 2. The number of fused-ring (bicyclic) bond motifs is 3. The Bertz CT molecular complexity index is 2720. The maximum Gasteiger partial charge on any atom is 0.306 e. The molecule has 8 rings (SSSR count). The molecule has 342 valence electrons. The average molecular weight is 892 g/mol. The van der Waals surface area contributed by atoms with Crippen LogP contribution in [0.4, 0.5) is 0 Å². The van der Waals surface area contributed by atoms with Gasteiger partial charge in [-0.3, -0.25) is 4.79 Å². The lowest BCUT2D eigenvalue weighted by Gasteiger charge is -2.32. The molecule has 15 nitrogen and oxygen atoms in total. The number of hydrogen-bond donors (Lipinski definition) is 1. The molecule has 66 heavy (non-hydrogen) atoms. The fraction of sp³-hybridized carbons (Fsp3) is 0.392. The zero-order chi connectivity index (χ0) is 45.9. The van der Waals surface area contributed by atoms with Crippen LogP contribution in [-0.2, 0) is 14.9 Å². The highest BCUT2D eigenvalue weighted by Crippen LogP contribution is 2.55. The molecule has 0 atom stereocenters. The van der Waals surface area contributed by atoms with Gasteiger partial charge in [0.25, 0.3) is 5.89 Å². The molecule has 0 aliphatic heterocycles. The summed E-state index contributed by atoms with van der Waals surface area (Å²) in [4.78, 5) is 15.1. The summed E-state index contributed by atoms with van der Waals surface area (Å²) >= 11 is 0. The van der Waals surface area contributed by atoms with E-state index >= 15 is 0 Å². The first kappa shape index (κ1) is 45.5. The SMILES string of the molecule is C=CC(C=C)OC(=O)CCCCCCCCCCCOc1ccc(-c2nnc(-c3nnc(-c4ccc5c(c4)C(CCC)(CCC)c4cc(-c6nnc(-c7nnc(C)o7)o6)ccc4-5)o3)[nH]2)cc1. The molecule has 4 heterocycles. The minimum atomic E-state index is -0.401. The highest BCUT2D eigenvalue weighted by Gasteiger charge is 2.42. The van der Waals surface area contributed by atoms with Crippen molar-refractivity contribution in [3.8, 4) is 74.7 Å². The summed E-state index contributed by atoms with van der Waals surface area (Å²) < 4.78 is 29.1. The summed E-state index contributed by atoms with van der Waals surface area (Å²) in [5, 5.41) is 34.0. The summed E-state index contributed by atoms with van der Waals surface area (Å²) in [6.07, 6.45) is 17.0. The molecule has 0 amide bonds. The van der Waals surface area contributed by atoms with Crippen molar-refractivity contribution in [2.45, 2.75) is 122 Å². The first-order chi connectivity index (χ1) is 32.3. The van der Waals surface area contributed by atoms with E-state index in [0.29, 0.717) is 42.3 Å². The van der Waals surface area contributed by atoms with Gasteiger partial charge in [-0.1, -0.05) is 96.9 Å². The molecule has 0 saturated carbocycles. The number of rotatable bonds is 25. The average Bonchev–Trinajstić information content (AvgIpc) is 4.20. The van der Waals surface area contributed by atoms with E-state index in [0.717, 1.165) is 80.2 Å². The Morgan fingerprint density at radius 3 is 1.73 bits per heavy atom. The number of benzene rings is 3. The standard InChI is InChI=1S/C51H57N9O6/c1-6-28-51(29-7-2)41-31-35(22-26-39(41)40-27-23-36(32-42(40)51)47-57-60-50(66-47)49-59-53-33(5)63-49)46-56-58-48(65-46)45-52-44(54-55-45)34-20-24-38(25-21-34)62-30-18-16-14-12-10-11-13-15-17-19-43(61)64-37(8-3)9-4/h8-9,20-27,31-32,37H,3-4,6-7,10-19,28-30H2,1-2,5H3,(H,52,54,55). The Balaban J connectivity index is 0.836. The quantitative estimate of drug-likeness (QED) is 0.0323. The van der Waals surface area contributed by atoms with Gasteiger partial charge in [-0.2, -0.15) is 0 Å². The molecule has 4 aromatic heterocycles. The molecule has 0 fully saturated rings. The summed E-state index contributed by atoms with van der Waals surface area (Å²) in [7, 11) is 0. The van der Waals surface area contributed by atoms with Crippen LogP contribution in [0.5, 0.6) is 5.75 Å². The van der Waals surface area contributed by atoms with Gasteiger partial charge in [0.2, 0.25) is 23.5 Å². The summed E-state index contributed by atoms with van der Waals surface area (Å²) in [5.74, 6) is 3.43. The Hall–Kier alpha value is -7.03. The van der Waals surface area contributed by atoms with E-state index in [-0.39, 0.29) is 29.1 Å². The summed E-state index contributed by atoms with van der Waals surface area (Å²) in [6.45, 7) is 14.1. The third-order valence-electron chi connectivity index (χ3n) is 12.1. The molecule has 1 aliphatic rings. The first-order valence-corrected chi connectivity index (χ1v) is 23.2. The maximum atomic E-state index is 11.9.